The summed E-state index contributed by atoms with van der Waals surface area (Å²) < 4.78 is 10.3. The van der Waals surface area contributed by atoms with Crippen molar-refractivity contribution in [1.82, 2.24) is 5.32 Å². The molecule has 5 nitrogen and oxygen atoms in total. The zero-order chi connectivity index (χ0) is 13.9. The number of carbonyl (C=O) groups is 1. The van der Waals surface area contributed by atoms with Crippen LogP contribution < -0.4 is 15.4 Å². The van der Waals surface area contributed by atoms with E-state index in [1.807, 2.05) is 31.2 Å². The van der Waals surface area contributed by atoms with Crippen LogP contribution in [0.5, 0.6) is 5.75 Å². The summed E-state index contributed by atoms with van der Waals surface area (Å²) in [6, 6.07) is 7.48. The van der Waals surface area contributed by atoms with E-state index in [1.165, 1.54) is 0 Å². The zero-order valence-corrected chi connectivity index (χ0v) is 11.6. The Morgan fingerprint density at radius 2 is 2.21 bits per heavy atom. The monoisotopic (exact) mass is 266 g/mol. The van der Waals surface area contributed by atoms with Crippen molar-refractivity contribution < 1.29 is 14.3 Å². The molecule has 0 unspecified atom stereocenters. The SMILES string of the molecule is CCOCCCNC(=O)CNc1cccc(OC)c1. The average molecular weight is 266 g/mol. The molecule has 0 saturated heterocycles. The highest BCUT2D eigenvalue weighted by Crippen LogP contribution is 2.16. The molecule has 0 saturated carbocycles. The van der Waals surface area contributed by atoms with Crippen molar-refractivity contribution >= 4 is 11.6 Å². The predicted molar refractivity (Wildman–Crippen MR) is 75.6 cm³/mol. The van der Waals surface area contributed by atoms with Crippen LogP contribution >= 0.6 is 0 Å². The third kappa shape index (κ3) is 6.67. The van der Waals surface area contributed by atoms with Gasteiger partial charge in [-0.15, -0.1) is 0 Å². The Labute approximate surface area is 114 Å². The second kappa shape index (κ2) is 9.22. The van der Waals surface area contributed by atoms with E-state index in [4.69, 9.17) is 9.47 Å². The fourth-order valence-electron chi connectivity index (χ4n) is 1.52. The first-order chi connectivity index (χ1) is 9.26. The van der Waals surface area contributed by atoms with Gasteiger partial charge in [-0.25, -0.2) is 0 Å². The molecule has 1 aromatic rings. The molecule has 1 aromatic carbocycles. The van der Waals surface area contributed by atoms with Gasteiger partial charge in [0.25, 0.3) is 0 Å². The molecule has 0 radical (unpaired) electrons. The first kappa shape index (κ1) is 15.3. The first-order valence-corrected chi connectivity index (χ1v) is 6.48. The van der Waals surface area contributed by atoms with Crippen LogP contribution in [0.4, 0.5) is 5.69 Å². The minimum atomic E-state index is -0.0284. The number of methoxy groups -OCH3 is 1. The molecule has 0 spiro atoms. The summed E-state index contributed by atoms with van der Waals surface area (Å²) in [6.45, 7) is 4.24. The molecular weight excluding hydrogens is 244 g/mol. The standard InChI is InChI=1S/C14H22N2O3/c1-3-19-9-5-8-15-14(17)11-16-12-6-4-7-13(10-12)18-2/h4,6-7,10,16H,3,5,8-9,11H2,1-2H3,(H,15,17). The van der Waals surface area contributed by atoms with Crippen LogP contribution in [0.15, 0.2) is 24.3 Å². The van der Waals surface area contributed by atoms with Crippen LogP contribution in [-0.4, -0.2) is 39.3 Å². The molecule has 19 heavy (non-hydrogen) atoms. The van der Waals surface area contributed by atoms with E-state index in [-0.39, 0.29) is 12.5 Å². The van der Waals surface area contributed by atoms with Crippen molar-refractivity contribution in [1.29, 1.82) is 0 Å². The molecule has 1 amide bonds. The highest BCUT2D eigenvalue weighted by Gasteiger charge is 2.01. The second-order valence-electron chi connectivity index (χ2n) is 3.99. The molecule has 106 valence electrons. The average Bonchev–Trinajstić information content (AvgIpc) is 2.45. The van der Waals surface area contributed by atoms with Crippen LogP contribution in [0.3, 0.4) is 0 Å². The number of carbonyl (C=O) groups excluding carboxylic acids is 1. The Hall–Kier alpha value is -1.75. The summed E-state index contributed by atoms with van der Waals surface area (Å²) in [6.07, 6.45) is 0.832. The van der Waals surface area contributed by atoms with Crippen LogP contribution in [0.2, 0.25) is 0 Å². The van der Waals surface area contributed by atoms with Crippen molar-refractivity contribution in [2.45, 2.75) is 13.3 Å². The summed E-state index contributed by atoms with van der Waals surface area (Å²) in [5, 5.41) is 5.88. The number of ether oxygens (including phenoxy) is 2. The van der Waals surface area contributed by atoms with Gasteiger partial charge in [0.15, 0.2) is 0 Å². The fourth-order valence-corrected chi connectivity index (χ4v) is 1.52. The van der Waals surface area contributed by atoms with Crippen LogP contribution in [0.25, 0.3) is 0 Å². The Bertz CT molecular complexity index is 383. The maximum absolute atomic E-state index is 11.6. The maximum atomic E-state index is 11.6. The molecule has 0 heterocycles. The number of hydrogen-bond donors (Lipinski definition) is 2. The van der Waals surface area contributed by atoms with E-state index in [0.717, 1.165) is 17.9 Å². The lowest BCUT2D eigenvalue weighted by molar-refractivity contribution is -0.119. The van der Waals surface area contributed by atoms with Crippen molar-refractivity contribution in [3.63, 3.8) is 0 Å². The number of amides is 1. The molecule has 0 fully saturated rings. The summed E-state index contributed by atoms with van der Waals surface area (Å²) in [5.74, 6) is 0.737. The Kier molecular flexibility index (Phi) is 7.43. The molecule has 5 heteroatoms. The van der Waals surface area contributed by atoms with Gasteiger partial charge in [0, 0.05) is 31.5 Å². The summed E-state index contributed by atoms with van der Waals surface area (Å²) in [4.78, 5) is 11.6. The Morgan fingerprint density at radius 1 is 1.37 bits per heavy atom. The molecular formula is C14H22N2O3. The molecule has 0 aliphatic heterocycles. The quantitative estimate of drug-likeness (QED) is 0.667. The summed E-state index contributed by atoms with van der Waals surface area (Å²) in [5.41, 5.74) is 0.865. The third-order valence-electron chi connectivity index (χ3n) is 2.51. The van der Waals surface area contributed by atoms with E-state index in [1.54, 1.807) is 7.11 Å². The smallest absolute Gasteiger partial charge is 0.239 e. The molecule has 0 aliphatic rings. The topological polar surface area (TPSA) is 59.6 Å². The highest BCUT2D eigenvalue weighted by atomic mass is 16.5. The van der Waals surface area contributed by atoms with Gasteiger partial charge in [0.2, 0.25) is 5.91 Å². The lowest BCUT2D eigenvalue weighted by atomic mass is 10.3. The van der Waals surface area contributed by atoms with E-state index in [2.05, 4.69) is 10.6 Å². The maximum Gasteiger partial charge on any atom is 0.239 e. The van der Waals surface area contributed by atoms with E-state index < -0.39 is 0 Å². The number of benzene rings is 1. The van der Waals surface area contributed by atoms with Gasteiger partial charge >= 0.3 is 0 Å². The highest BCUT2D eigenvalue weighted by molar-refractivity contribution is 5.80. The van der Waals surface area contributed by atoms with Gasteiger partial charge in [-0.05, 0) is 25.5 Å². The summed E-state index contributed by atoms with van der Waals surface area (Å²) in [7, 11) is 1.62. The molecule has 1 rings (SSSR count). The van der Waals surface area contributed by atoms with Crippen LogP contribution in [0, 0.1) is 0 Å². The largest absolute Gasteiger partial charge is 0.497 e. The van der Waals surface area contributed by atoms with E-state index in [9.17, 15) is 4.79 Å². The number of hydrogen-bond acceptors (Lipinski definition) is 4. The number of nitrogens with one attached hydrogen (secondary N) is 2. The van der Waals surface area contributed by atoms with E-state index >= 15 is 0 Å². The van der Waals surface area contributed by atoms with Crippen molar-refractivity contribution in [3.05, 3.63) is 24.3 Å². The lowest BCUT2D eigenvalue weighted by Crippen LogP contribution is -2.31. The van der Waals surface area contributed by atoms with Gasteiger partial charge in [-0.2, -0.15) is 0 Å². The lowest BCUT2D eigenvalue weighted by Gasteiger charge is -2.09. The Balaban J connectivity index is 2.18. The van der Waals surface area contributed by atoms with E-state index in [0.29, 0.717) is 19.8 Å². The van der Waals surface area contributed by atoms with Gasteiger partial charge in [-0.1, -0.05) is 6.07 Å². The van der Waals surface area contributed by atoms with Gasteiger partial charge in [0.1, 0.15) is 5.75 Å². The molecule has 0 aliphatic carbocycles. The third-order valence-corrected chi connectivity index (χ3v) is 2.51. The minimum absolute atomic E-state index is 0.0284. The second-order valence-corrected chi connectivity index (χ2v) is 3.99. The van der Waals surface area contributed by atoms with Crippen molar-refractivity contribution in [2.24, 2.45) is 0 Å². The minimum Gasteiger partial charge on any atom is -0.497 e. The van der Waals surface area contributed by atoms with Crippen molar-refractivity contribution in [3.8, 4) is 5.75 Å². The summed E-state index contributed by atoms with van der Waals surface area (Å²) >= 11 is 0. The van der Waals surface area contributed by atoms with Crippen molar-refractivity contribution in [2.75, 3.05) is 38.7 Å². The molecule has 0 atom stereocenters. The fraction of sp³-hybridized carbons (Fsp3) is 0.500. The van der Waals surface area contributed by atoms with Gasteiger partial charge in [0.05, 0.1) is 13.7 Å². The Morgan fingerprint density at radius 3 is 2.95 bits per heavy atom. The van der Waals surface area contributed by atoms with Crippen LogP contribution in [0.1, 0.15) is 13.3 Å². The molecule has 0 aromatic heterocycles. The first-order valence-electron chi connectivity index (χ1n) is 6.48. The molecule has 0 bridgehead atoms. The predicted octanol–water partition coefficient (Wildman–Crippen LogP) is 1.65. The van der Waals surface area contributed by atoms with Crippen LogP contribution in [-0.2, 0) is 9.53 Å². The normalized spacial score (nSPS) is 10.0. The number of rotatable bonds is 9. The van der Waals surface area contributed by atoms with Gasteiger partial charge < -0.3 is 20.1 Å². The molecule has 2 N–H and O–H groups in total. The van der Waals surface area contributed by atoms with Gasteiger partial charge in [-0.3, -0.25) is 4.79 Å². The zero-order valence-electron chi connectivity index (χ0n) is 11.6. The number of anilines is 1.